The maximum Gasteiger partial charge on any atom is 0.245 e. The van der Waals surface area contributed by atoms with Crippen molar-refractivity contribution in [3.05, 3.63) is 48.4 Å². The molecule has 0 spiro atoms. The third kappa shape index (κ3) is 2.27. The highest BCUT2D eigenvalue weighted by Crippen LogP contribution is 2.37. The summed E-state index contributed by atoms with van der Waals surface area (Å²) < 4.78 is 14.3. The largest absolute Gasteiger partial charge is 0.467 e. The molecule has 2 N–H and O–H groups in total. The van der Waals surface area contributed by atoms with E-state index in [0.29, 0.717) is 40.4 Å². The van der Waals surface area contributed by atoms with Crippen LogP contribution in [0.2, 0.25) is 0 Å². The Morgan fingerprint density at radius 3 is 2.60 bits per heavy atom. The minimum absolute atomic E-state index is 0.316. The molecule has 0 aliphatic carbocycles. The Labute approximate surface area is 168 Å². The summed E-state index contributed by atoms with van der Waals surface area (Å²) in [6.45, 7) is 3.19. The van der Waals surface area contributed by atoms with E-state index in [-0.39, 0.29) is 0 Å². The van der Waals surface area contributed by atoms with Gasteiger partial charge in [0.05, 0.1) is 29.4 Å². The molecule has 0 unspecified atom stereocenters. The molecule has 0 radical (unpaired) electrons. The van der Waals surface area contributed by atoms with Gasteiger partial charge >= 0.3 is 0 Å². The molecule has 0 saturated heterocycles. The number of para-hydroxylation sites is 2. The highest BCUT2D eigenvalue weighted by Gasteiger charge is 2.25. The number of benzene rings is 1. The third-order valence-corrected chi connectivity index (χ3v) is 5.22. The van der Waals surface area contributed by atoms with Crippen LogP contribution in [0.5, 0.6) is 0 Å². The van der Waals surface area contributed by atoms with Crippen LogP contribution in [0.3, 0.4) is 0 Å². The predicted octanol–water partition coefficient (Wildman–Crippen LogP) is 3.23. The lowest BCUT2D eigenvalue weighted by atomic mass is 10.2. The molecule has 0 aliphatic rings. The molecule has 0 amide bonds. The van der Waals surface area contributed by atoms with Crippen LogP contribution in [-0.2, 0) is 13.1 Å². The average molecular weight is 400 g/mol. The number of hydrogen-bond donors (Lipinski definition) is 1. The highest BCUT2D eigenvalue weighted by atomic mass is 16.6. The number of nitrogens with two attached hydrogens (primary N) is 1. The standard InChI is InChI=1S/C20H16N8O2/c1-2-27-13-8-4-3-7-12(13)22-19(27)14-15-20(24-18-17(23-15)25-30-26-18)28(16(14)21)10-11-6-5-9-29-11/h3-9H,2,10,21H2,1H3. The second-order valence-corrected chi connectivity index (χ2v) is 6.90. The zero-order chi connectivity index (χ0) is 20.2. The van der Waals surface area contributed by atoms with Crippen molar-refractivity contribution in [1.29, 1.82) is 0 Å². The first-order valence-corrected chi connectivity index (χ1v) is 9.50. The van der Waals surface area contributed by atoms with Gasteiger partial charge in [-0.1, -0.05) is 12.1 Å². The Morgan fingerprint density at radius 1 is 0.967 bits per heavy atom. The Kier molecular flexibility index (Phi) is 3.42. The van der Waals surface area contributed by atoms with Crippen LogP contribution >= 0.6 is 0 Å². The second kappa shape index (κ2) is 6.14. The van der Waals surface area contributed by atoms with Gasteiger partial charge < -0.3 is 19.3 Å². The van der Waals surface area contributed by atoms with Gasteiger partial charge in [0.1, 0.15) is 22.9 Å². The van der Waals surface area contributed by atoms with Crippen molar-refractivity contribution in [3.8, 4) is 11.4 Å². The van der Waals surface area contributed by atoms with Gasteiger partial charge in [-0.15, -0.1) is 0 Å². The Balaban J connectivity index is 1.70. The topological polar surface area (TPSA) is 127 Å². The van der Waals surface area contributed by atoms with E-state index >= 15 is 0 Å². The van der Waals surface area contributed by atoms with Gasteiger partial charge in [-0.2, -0.15) is 0 Å². The molecule has 1 aromatic carbocycles. The van der Waals surface area contributed by atoms with Crippen LogP contribution in [0.1, 0.15) is 12.7 Å². The molecular formula is C20H16N8O2. The van der Waals surface area contributed by atoms with Crippen LogP contribution in [-0.4, -0.2) is 34.4 Å². The van der Waals surface area contributed by atoms with Crippen LogP contribution < -0.4 is 5.73 Å². The molecule has 0 bridgehead atoms. The first kappa shape index (κ1) is 16.7. The first-order valence-electron chi connectivity index (χ1n) is 9.50. The SMILES string of the molecule is CCn1c(-c2c(N)n(Cc3ccco3)c3nc4nonc4nc23)nc2ccccc21. The van der Waals surface area contributed by atoms with E-state index < -0.39 is 0 Å². The van der Waals surface area contributed by atoms with Gasteiger partial charge in [0.15, 0.2) is 5.65 Å². The molecule has 0 atom stereocenters. The average Bonchev–Trinajstić information content (AvgIpc) is 3.53. The van der Waals surface area contributed by atoms with E-state index in [1.807, 2.05) is 41.0 Å². The van der Waals surface area contributed by atoms with Crippen molar-refractivity contribution >= 4 is 39.3 Å². The summed E-state index contributed by atoms with van der Waals surface area (Å²) in [6, 6.07) is 11.7. The van der Waals surface area contributed by atoms with E-state index in [0.717, 1.165) is 29.2 Å². The number of furan rings is 1. The van der Waals surface area contributed by atoms with Crippen LogP contribution in [0.4, 0.5) is 5.82 Å². The van der Waals surface area contributed by atoms with Crippen molar-refractivity contribution in [2.75, 3.05) is 5.73 Å². The van der Waals surface area contributed by atoms with Gasteiger partial charge in [0, 0.05) is 6.54 Å². The monoisotopic (exact) mass is 400 g/mol. The minimum atomic E-state index is 0.316. The number of aryl methyl sites for hydroxylation is 1. The number of aromatic nitrogens is 7. The lowest BCUT2D eigenvalue weighted by molar-refractivity contribution is 0.314. The number of fused-ring (bicyclic) bond motifs is 3. The number of anilines is 1. The molecular weight excluding hydrogens is 384 g/mol. The molecule has 0 fully saturated rings. The quantitative estimate of drug-likeness (QED) is 0.478. The molecule has 10 nitrogen and oxygen atoms in total. The first-order chi connectivity index (χ1) is 14.7. The lowest BCUT2D eigenvalue weighted by Crippen LogP contribution is -2.05. The second-order valence-electron chi connectivity index (χ2n) is 6.90. The van der Waals surface area contributed by atoms with E-state index in [4.69, 9.17) is 19.8 Å². The maximum absolute atomic E-state index is 6.67. The van der Waals surface area contributed by atoms with Gasteiger partial charge in [0.25, 0.3) is 0 Å². The number of nitrogen functional groups attached to an aromatic ring is 1. The molecule has 0 saturated carbocycles. The number of hydrogen-bond acceptors (Lipinski definition) is 8. The molecule has 6 aromatic rings. The summed E-state index contributed by atoms with van der Waals surface area (Å²) >= 11 is 0. The zero-order valence-electron chi connectivity index (χ0n) is 16.0. The summed E-state index contributed by atoms with van der Waals surface area (Å²) in [5.74, 6) is 1.97. The summed E-state index contributed by atoms with van der Waals surface area (Å²) in [4.78, 5) is 14.1. The van der Waals surface area contributed by atoms with Crippen LogP contribution in [0.15, 0.2) is 51.7 Å². The molecule has 6 rings (SSSR count). The fourth-order valence-corrected chi connectivity index (χ4v) is 3.88. The van der Waals surface area contributed by atoms with Crippen molar-refractivity contribution in [3.63, 3.8) is 0 Å². The van der Waals surface area contributed by atoms with Gasteiger partial charge in [-0.25, -0.2) is 19.6 Å². The zero-order valence-corrected chi connectivity index (χ0v) is 16.0. The molecule has 30 heavy (non-hydrogen) atoms. The Hall–Kier alpha value is -4.21. The third-order valence-electron chi connectivity index (χ3n) is 5.22. The van der Waals surface area contributed by atoms with Crippen molar-refractivity contribution in [1.82, 2.24) is 34.4 Å². The smallest absolute Gasteiger partial charge is 0.245 e. The Bertz CT molecular complexity index is 1520. The van der Waals surface area contributed by atoms with Crippen molar-refractivity contribution < 1.29 is 9.05 Å². The predicted molar refractivity (Wildman–Crippen MR) is 110 cm³/mol. The summed E-state index contributed by atoms with van der Waals surface area (Å²) in [5, 5.41) is 7.68. The van der Waals surface area contributed by atoms with E-state index in [1.54, 1.807) is 6.26 Å². The maximum atomic E-state index is 6.67. The van der Waals surface area contributed by atoms with Crippen molar-refractivity contribution in [2.24, 2.45) is 0 Å². The van der Waals surface area contributed by atoms with Crippen LogP contribution in [0, 0.1) is 0 Å². The molecule has 148 valence electrons. The van der Waals surface area contributed by atoms with Gasteiger partial charge in [0.2, 0.25) is 11.3 Å². The van der Waals surface area contributed by atoms with Crippen molar-refractivity contribution in [2.45, 2.75) is 20.0 Å². The number of rotatable bonds is 4. The molecule has 5 aromatic heterocycles. The van der Waals surface area contributed by atoms with Gasteiger partial charge in [-0.05, 0) is 41.5 Å². The number of nitrogens with zero attached hydrogens (tertiary/aromatic N) is 7. The minimum Gasteiger partial charge on any atom is -0.467 e. The normalized spacial score (nSPS) is 11.9. The molecule has 0 aliphatic heterocycles. The fraction of sp³-hybridized carbons (Fsp3) is 0.150. The van der Waals surface area contributed by atoms with Crippen LogP contribution in [0.25, 0.3) is 44.9 Å². The van der Waals surface area contributed by atoms with E-state index in [9.17, 15) is 0 Å². The van der Waals surface area contributed by atoms with Gasteiger partial charge in [-0.3, -0.25) is 0 Å². The highest BCUT2D eigenvalue weighted by molar-refractivity contribution is 6.00. The van der Waals surface area contributed by atoms with E-state index in [1.165, 1.54) is 0 Å². The fourth-order valence-electron chi connectivity index (χ4n) is 3.88. The molecule has 5 heterocycles. The Morgan fingerprint density at radius 2 is 1.80 bits per heavy atom. The lowest BCUT2D eigenvalue weighted by Gasteiger charge is -2.07. The van der Waals surface area contributed by atoms with E-state index in [2.05, 4.69) is 31.8 Å². The summed E-state index contributed by atoms with van der Waals surface area (Å²) in [7, 11) is 0. The summed E-state index contributed by atoms with van der Waals surface area (Å²) in [5.41, 5.74) is 11.1. The number of imidazole rings is 1. The summed E-state index contributed by atoms with van der Waals surface area (Å²) in [6.07, 6.45) is 1.63. The molecule has 10 heteroatoms.